The lowest BCUT2D eigenvalue weighted by Gasteiger charge is -2.07. The van der Waals surface area contributed by atoms with Crippen molar-refractivity contribution in [3.05, 3.63) is 12.2 Å². The van der Waals surface area contributed by atoms with Gasteiger partial charge in [-0.2, -0.15) is 4.98 Å². The number of rotatable bonds is 7. The average molecular weight is 256 g/mol. The number of aliphatic carboxylic acids is 1. The summed E-state index contributed by atoms with van der Waals surface area (Å²) in [6, 6.07) is -0.345. The summed E-state index contributed by atoms with van der Waals surface area (Å²) in [5.74, 6) is -0.824. The molecule has 100 valence electrons. The Balaban J connectivity index is 2.05. The number of hydrogen-bond donors (Lipinski definition) is 3. The maximum absolute atomic E-state index is 11.3. The van der Waals surface area contributed by atoms with E-state index in [9.17, 15) is 9.59 Å². The number of aromatic nitrogens is 2. The van der Waals surface area contributed by atoms with Crippen LogP contribution in [0.15, 0.2) is 10.9 Å². The molecule has 0 spiro atoms. The van der Waals surface area contributed by atoms with Gasteiger partial charge in [0.05, 0.1) is 12.5 Å². The largest absolute Gasteiger partial charge is 0.481 e. The molecule has 1 rings (SSSR count). The number of carboxylic acid groups (broad SMARTS) is 1. The lowest BCUT2D eigenvalue weighted by molar-refractivity contribution is -0.141. The molecule has 8 heteroatoms. The Kier molecular flexibility index (Phi) is 5.62. The predicted octanol–water partition coefficient (Wildman–Crippen LogP) is 0.370. The number of urea groups is 1. The van der Waals surface area contributed by atoms with Gasteiger partial charge in [-0.15, -0.1) is 0 Å². The molecule has 0 saturated carbocycles. The van der Waals surface area contributed by atoms with Gasteiger partial charge in [-0.05, 0) is 12.8 Å². The normalized spacial score (nSPS) is 11.8. The molecule has 0 aromatic carbocycles. The van der Waals surface area contributed by atoms with Crippen LogP contribution >= 0.6 is 0 Å². The van der Waals surface area contributed by atoms with Crippen molar-refractivity contribution in [3.63, 3.8) is 0 Å². The third kappa shape index (κ3) is 5.28. The summed E-state index contributed by atoms with van der Waals surface area (Å²) in [7, 11) is 0. The first-order chi connectivity index (χ1) is 8.59. The molecule has 0 aliphatic heterocycles. The molecule has 2 amide bonds. The van der Waals surface area contributed by atoms with E-state index < -0.39 is 11.9 Å². The summed E-state index contributed by atoms with van der Waals surface area (Å²) >= 11 is 0. The van der Waals surface area contributed by atoms with E-state index in [1.165, 1.54) is 6.39 Å². The average Bonchev–Trinajstić information content (AvgIpc) is 2.84. The van der Waals surface area contributed by atoms with E-state index in [1.54, 1.807) is 6.92 Å². The molecular formula is C10H16N4O4. The standard InChI is InChI=1S/C10H16N4O4/c1-7(9(15)16)3-2-4-11-10(17)12-5-8-13-6-18-14-8/h6-7H,2-5H2,1H3,(H,15,16)(H2,11,12,17). The molecule has 0 bridgehead atoms. The van der Waals surface area contributed by atoms with Gasteiger partial charge in [-0.25, -0.2) is 4.79 Å². The van der Waals surface area contributed by atoms with Crippen LogP contribution < -0.4 is 10.6 Å². The van der Waals surface area contributed by atoms with E-state index in [2.05, 4.69) is 25.3 Å². The van der Waals surface area contributed by atoms with Crippen LogP contribution in [-0.2, 0) is 11.3 Å². The fraction of sp³-hybridized carbons (Fsp3) is 0.600. The smallest absolute Gasteiger partial charge is 0.315 e. The molecule has 1 aromatic heterocycles. The molecule has 0 aliphatic carbocycles. The second-order valence-corrected chi connectivity index (χ2v) is 3.84. The Bertz CT molecular complexity index is 379. The van der Waals surface area contributed by atoms with Crippen LogP contribution in [0.4, 0.5) is 4.79 Å². The number of nitrogens with zero attached hydrogens (tertiary/aromatic N) is 2. The number of amides is 2. The topological polar surface area (TPSA) is 117 Å². The highest BCUT2D eigenvalue weighted by Gasteiger charge is 2.10. The van der Waals surface area contributed by atoms with Gasteiger partial charge in [0, 0.05) is 6.54 Å². The van der Waals surface area contributed by atoms with Gasteiger partial charge in [-0.3, -0.25) is 4.79 Å². The minimum absolute atomic E-state index is 0.188. The molecule has 1 atom stereocenters. The van der Waals surface area contributed by atoms with Crippen molar-refractivity contribution < 1.29 is 19.2 Å². The van der Waals surface area contributed by atoms with E-state index in [4.69, 9.17) is 5.11 Å². The maximum Gasteiger partial charge on any atom is 0.315 e. The van der Waals surface area contributed by atoms with Crippen LogP contribution in [0.5, 0.6) is 0 Å². The highest BCUT2D eigenvalue weighted by molar-refractivity contribution is 5.73. The lowest BCUT2D eigenvalue weighted by Crippen LogP contribution is -2.36. The molecule has 0 radical (unpaired) electrons. The number of carboxylic acids is 1. The Hall–Kier alpha value is -2.12. The molecule has 1 heterocycles. The highest BCUT2D eigenvalue weighted by atomic mass is 16.5. The zero-order chi connectivity index (χ0) is 13.4. The molecule has 0 saturated heterocycles. The maximum atomic E-state index is 11.3. The summed E-state index contributed by atoms with van der Waals surface area (Å²) < 4.78 is 4.51. The van der Waals surface area contributed by atoms with Crippen LogP contribution in [0, 0.1) is 5.92 Å². The van der Waals surface area contributed by atoms with E-state index in [1.807, 2.05) is 0 Å². The van der Waals surface area contributed by atoms with Crippen molar-refractivity contribution in [2.24, 2.45) is 5.92 Å². The number of nitrogens with one attached hydrogen (secondary N) is 2. The van der Waals surface area contributed by atoms with Crippen molar-refractivity contribution in [1.82, 2.24) is 20.8 Å². The second kappa shape index (κ2) is 7.25. The summed E-state index contributed by atoms with van der Waals surface area (Å²) in [6.45, 7) is 2.25. The number of carbonyl (C=O) groups is 2. The number of hydrogen-bond acceptors (Lipinski definition) is 5. The minimum Gasteiger partial charge on any atom is -0.481 e. The first kappa shape index (κ1) is 13.9. The Morgan fingerprint density at radius 1 is 1.50 bits per heavy atom. The van der Waals surface area contributed by atoms with Crippen LogP contribution in [0.2, 0.25) is 0 Å². The molecule has 8 nitrogen and oxygen atoms in total. The molecule has 0 aliphatic rings. The quantitative estimate of drug-likeness (QED) is 0.607. The van der Waals surface area contributed by atoms with Gasteiger partial charge in [0.25, 0.3) is 0 Å². The first-order valence-electron chi connectivity index (χ1n) is 5.59. The van der Waals surface area contributed by atoms with E-state index >= 15 is 0 Å². The van der Waals surface area contributed by atoms with Crippen molar-refractivity contribution in [2.75, 3.05) is 6.54 Å². The Morgan fingerprint density at radius 3 is 2.89 bits per heavy atom. The molecule has 1 unspecified atom stereocenters. The molecule has 18 heavy (non-hydrogen) atoms. The summed E-state index contributed by atoms with van der Waals surface area (Å²) in [4.78, 5) is 25.6. The van der Waals surface area contributed by atoms with Crippen LogP contribution in [0.25, 0.3) is 0 Å². The van der Waals surface area contributed by atoms with Gasteiger partial charge >= 0.3 is 12.0 Å². The van der Waals surface area contributed by atoms with Gasteiger partial charge in [-0.1, -0.05) is 12.1 Å². The third-order valence-corrected chi connectivity index (χ3v) is 2.34. The lowest BCUT2D eigenvalue weighted by atomic mass is 10.1. The second-order valence-electron chi connectivity index (χ2n) is 3.84. The SMILES string of the molecule is CC(CCCNC(=O)NCc1ncon1)C(=O)O. The third-order valence-electron chi connectivity index (χ3n) is 2.34. The van der Waals surface area contributed by atoms with Gasteiger partial charge in [0.15, 0.2) is 5.82 Å². The van der Waals surface area contributed by atoms with Crippen molar-refractivity contribution >= 4 is 12.0 Å². The van der Waals surface area contributed by atoms with Crippen molar-refractivity contribution in [1.29, 1.82) is 0 Å². The van der Waals surface area contributed by atoms with Crippen LogP contribution in [-0.4, -0.2) is 33.8 Å². The van der Waals surface area contributed by atoms with E-state index in [0.717, 1.165) is 0 Å². The van der Waals surface area contributed by atoms with E-state index in [-0.39, 0.29) is 12.6 Å². The van der Waals surface area contributed by atoms with E-state index in [0.29, 0.717) is 25.2 Å². The van der Waals surface area contributed by atoms with Gasteiger partial charge in [0.2, 0.25) is 6.39 Å². The zero-order valence-electron chi connectivity index (χ0n) is 10.0. The monoisotopic (exact) mass is 256 g/mol. The Labute approximate surface area is 104 Å². The fourth-order valence-electron chi connectivity index (χ4n) is 1.23. The fourth-order valence-corrected chi connectivity index (χ4v) is 1.23. The summed E-state index contributed by atoms with van der Waals surface area (Å²) in [5, 5.41) is 17.3. The summed E-state index contributed by atoms with van der Waals surface area (Å²) in [5.41, 5.74) is 0. The Morgan fingerprint density at radius 2 is 2.28 bits per heavy atom. The molecule has 1 aromatic rings. The highest BCUT2D eigenvalue weighted by Crippen LogP contribution is 2.03. The number of carbonyl (C=O) groups excluding carboxylic acids is 1. The molecule has 3 N–H and O–H groups in total. The zero-order valence-corrected chi connectivity index (χ0v) is 10.0. The molecular weight excluding hydrogens is 240 g/mol. The van der Waals surface area contributed by atoms with Crippen molar-refractivity contribution in [3.8, 4) is 0 Å². The predicted molar refractivity (Wildman–Crippen MR) is 60.6 cm³/mol. The van der Waals surface area contributed by atoms with Crippen molar-refractivity contribution in [2.45, 2.75) is 26.3 Å². The van der Waals surface area contributed by atoms with Gasteiger partial charge in [0.1, 0.15) is 0 Å². The van der Waals surface area contributed by atoms with Crippen LogP contribution in [0.3, 0.4) is 0 Å². The minimum atomic E-state index is -0.823. The first-order valence-corrected chi connectivity index (χ1v) is 5.59. The van der Waals surface area contributed by atoms with Crippen LogP contribution in [0.1, 0.15) is 25.6 Å². The van der Waals surface area contributed by atoms with Gasteiger partial charge < -0.3 is 20.3 Å². The summed E-state index contributed by atoms with van der Waals surface area (Å²) in [6.07, 6.45) is 2.33. The molecule has 0 fully saturated rings.